The van der Waals surface area contributed by atoms with Gasteiger partial charge in [0.15, 0.2) is 0 Å². The topological polar surface area (TPSA) is 46.3 Å². The predicted molar refractivity (Wildman–Crippen MR) is 66.3 cm³/mol. The lowest BCUT2D eigenvalue weighted by Crippen LogP contribution is -2.27. The van der Waals surface area contributed by atoms with Crippen molar-refractivity contribution in [3.05, 3.63) is 35.9 Å². The lowest BCUT2D eigenvalue weighted by Gasteiger charge is -2.16. The summed E-state index contributed by atoms with van der Waals surface area (Å²) in [4.78, 5) is 13.7. The van der Waals surface area contributed by atoms with E-state index < -0.39 is 0 Å². The Morgan fingerprint density at radius 1 is 1.19 bits per heavy atom. The first-order chi connectivity index (χ1) is 7.75. The van der Waals surface area contributed by atoms with Crippen LogP contribution in [0.3, 0.4) is 0 Å². The molecule has 0 radical (unpaired) electrons. The van der Waals surface area contributed by atoms with Crippen molar-refractivity contribution in [2.24, 2.45) is 5.73 Å². The Morgan fingerprint density at radius 3 is 2.50 bits per heavy atom. The van der Waals surface area contributed by atoms with E-state index in [1.54, 1.807) is 4.90 Å². The summed E-state index contributed by atoms with van der Waals surface area (Å²) < 4.78 is 0. The van der Waals surface area contributed by atoms with Gasteiger partial charge in [-0.3, -0.25) is 4.79 Å². The number of hydrogen-bond acceptors (Lipinski definition) is 2. The Bertz CT molecular complexity index is 311. The molecule has 0 heterocycles. The van der Waals surface area contributed by atoms with Gasteiger partial charge in [-0.15, -0.1) is 0 Å². The monoisotopic (exact) mass is 220 g/mol. The lowest BCUT2D eigenvalue weighted by atomic mass is 10.2. The summed E-state index contributed by atoms with van der Waals surface area (Å²) in [6.07, 6.45) is 3.14. The Balaban J connectivity index is 2.37. The van der Waals surface area contributed by atoms with Crippen molar-refractivity contribution < 1.29 is 4.79 Å². The number of amides is 1. The summed E-state index contributed by atoms with van der Waals surface area (Å²) in [7, 11) is 1.85. The van der Waals surface area contributed by atoms with Gasteiger partial charge in [-0.2, -0.15) is 0 Å². The molecule has 0 spiro atoms. The fourth-order valence-corrected chi connectivity index (χ4v) is 1.57. The van der Waals surface area contributed by atoms with Gasteiger partial charge in [-0.05, 0) is 31.5 Å². The zero-order valence-electron chi connectivity index (χ0n) is 9.86. The van der Waals surface area contributed by atoms with Crippen LogP contribution in [0, 0.1) is 0 Å². The average molecular weight is 220 g/mol. The minimum Gasteiger partial charge on any atom is -0.342 e. The molecule has 0 aliphatic rings. The molecule has 16 heavy (non-hydrogen) atoms. The number of hydrogen-bond donors (Lipinski definition) is 1. The highest BCUT2D eigenvalue weighted by Gasteiger charge is 2.09. The molecule has 0 aliphatic carbocycles. The third-order valence-corrected chi connectivity index (χ3v) is 2.57. The number of carbonyl (C=O) groups is 1. The molecule has 0 unspecified atom stereocenters. The summed E-state index contributed by atoms with van der Waals surface area (Å²) in [6, 6.07) is 9.38. The lowest BCUT2D eigenvalue weighted by molar-refractivity contribution is 0.0792. The van der Waals surface area contributed by atoms with Crippen molar-refractivity contribution in [2.75, 3.05) is 20.1 Å². The smallest absolute Gasteiger partial charge is 0.253 e. The number of benzene rings is 1. The number of rotatable bonds is 6. The molecule has 1 amide bonds. The number of unbranched alkanes of at least 4 members (excludes halogenated alkanes) is 2. The third kappa shape index (κ3) is 4.03. The highest BCUT2D eigenvalue weighted by Crippen LogP contribution is 2.04. The third-order valence-electron chi connectivity index (χ3n) is 2.57. The predicted octanol–water partition coefficient (Wildman–Crippen LogP) is 1.89. The van der Waals surface area contributed by atoms with E-state index in [1.807, 2.05) is 37.4 Å². The van der Waals surface area contributed by atoms with Crippen molar-refractivity contribution in [1.29, 1.82) is 0 Å². The molecule has 2 N–H and O–H groups in total. The van der Waals surface area contributed by atoms with Crippen molar-refractivity contribution in [3.8, 4) is 0 Å². The van der Waals surface area contributed by atoms with Crippen LogP contribution in [0.2, 0.25) is 0 Å². The van der Waals surface area contributed by atoms with E-state index in [2.05, 4.69) is 0 Å². The van der Waals surface area contributed by atoms with Gasteiger partial charge in [-0.1, -0.05) is 24.6 Å². The maximum Gasteiger partial charge on any atom is 0.253 e. The fourth-order valence-electron chi connectivity index (χ4n) is 1.57. The maximum absolute atomic E-state index is 11.9. The van der Waals surface area contributed by atoms with Gasteiger partial charge in [0.05, 0.1) is 0 Å². The van der Waals surface area contributed by atoms with Crippen molar-refractivity contribution in [1.82, 2.24) is 4.90 Å². The summed E-state index contributed by atoms with van der Waals surface area (Å²) in [6.45, 7) is 1.53. The van der Waals surface area contributed by atoms with Crippen molar-refractivity contribution in [3.63, 3.8) is 0 Å². The molecule has 0 bridgehead atoms. The first-order valence-electron chi connectivity index (χ1n) is 5.76. The molecule has 1 aromatic carbocycles. The maximum atomic E-state index is 11.9. The zero-order valence-corrected chi connectivity index (χ0v) is 9.86. The molecule has 0 aliphatic heterocycles. The number of nitrogens with two attached hydrogens (primary N) is 1. The van der Waals surface area contributed by atoms with Crippen LogP contribution in [0.4, 0.5) is 0 Å². The van der Waals surface area contributed by atoms with E-state index in [0.717, 1.165) is 37.9 Å². The standard InChI is InChI=1S/C13H20N2O/c1-15(11-7-3-6-10-14)13(16)12-8-4-2-5-9-12/h2,4-5,8-9H,3,6-7,10-11,14H2,1H3. The molecular weight excluding hydrogens is 200 g/mol. The Hall–Kier alpha value is -1.35. The second-order valence-electron chi connectivity index (χ2n) is 3.94. The van der Waals surface area contributed by atoms with E-state index >= 15 is 0 Å². The van der Waals surface area contributed by atoms with Gasteiger partial charge in [0.25, 0.3) is 5.91 Å². The summed E-state index contributed by atoms with van der Waals surface area (Å²) in [5.74, 6) is 0.0911. The van der Waals surface area contributed by atoms with E-state index in [0.29, 0.717) is 0 Å². The van der Waals surface area contributed by atoms with Crippen LogP contribution in [0.1, 0.15) is 29.6 Å². The summed E-state index contributed by atoms with van der Waals surface area (Å²) in [5, 5.41) is 0. The van der Waals surface area contributed by atoms with Gasteiger partial charge < -0.3 is 10.6 Å². The van der Waals surface area contributed by atoms with E-state index in [9.17, 15) is 4.79 Å². The zero-order chi connectivity index (χ0) is 11.8. The fraction of sp³-hybridized carbons (Fsp3) is 0.462. The molecule has 1 aromatic rings. The van der Waals surface area contributed by atoms with E-state index in [4.69, 9.17) is 5.73 Å². The van der Waals surface area contributed by atoms with Gasteiger partial charge in [-0.25, -0.2) is 0 Å². The van der Waals surface area contributed by atoms with Crippen LogP contribution >= 0.6 is 0 Å². The Kier molecular flexibility index (Phi) is 5.57. The van der Waals surface area contributed by atoms with Gasteiger partial charge in [0, 0.05) is 19.2 Å². The van der Waals surface area contributed by atoms with Gasteiger partial charge in [0.1, 0.15) is 0 Å². The normalized spacial score (nSPS) is 10.1. The van der Waals surface area contributed by atoms with Gasteiger partial charge in [0.2, 0.25) is 0 Å². The quantitative estimate of drug-likeness (QED) is 0.744. The summed E-state index contributed by atoms with van der Waals surface area (Å²) in [5.41, 5.74) is 6.17. The highest BCUT2D eigenvalue weighted by atomic mass is 16.2. The molecule has 0 fully saturated rings. The van der Waals surface area contributed by atoms with Crippen LogP contribution in [0.15, 0.2) is 30.3 Å². The largest absolute Gasteiger partial charge is 0.342 e. The molecule has 0 atom stereocenters. The van der Waals surface area contributed by atoms with Crippen molar-refractivity contribution in [2.45, 2.75) is 19.3 Å². The van der Waals surface area contributed by atoms with Crippen LogP contribution in [-0.2, 0) is 0 Å². The summed E-state index contributed by atoms with van der Waals surface area (Å²) >= 11 is 0. The van der Waals surface area contributed by atoms with Crippen molar-refractivity contribution >= 4 is 5.91 Å². The molecule has 0 aromatic heterocycles. The molecule has 3 heteroatoms. The number of carbonyl (C=O) groups excluding carboxylic acids is 1. The molecule has 0 saturated heterocycles. The Labute approximate surface area is 97.2 Å². The highest BCUT2D eigenvalue weighted by molar-refractivity contribution is 5.93. The molecule has 3 nitrogen and oxygen atoms in total. The minimum absolute atomic E-state index is 0.0911. The van der Waals surface area contributed by atoms with E-state index in [-0.39, 0.29) is 5.91 Å². The number of nitrogens with zero attached hydrogens (tertiary/aromatic N) is 1. The first kappa shape index (κ1) is 12.7. The Morgan fingerprint density at radius 2 is 1.88 bits per heavy atom. The first-order valence-corrected chi connectivity index (χ1v) is 5.76. The van der Waals surface area contributed by atoms with Crippen LogP contribution in [-0.4, -0.2) is 30.9 Å². The second-order valence-corrected chi connectivity index (χ2v) is 3.94. The molecule has 0 saturated carbocycles. The van der Waals surface area contributed by atoms with E-state index in [1.165, 1.54) is 0 Å². The van der Waals surface area contributed by atoms with Crippen LogP contribution in [0.25, 0.3) is 0 Å². The average Bonchev–Trinajstić information content (AvgIpc) is 2.34. The van der Waals surface area contributed by atoms with Crippen LogP contribution in [0.5, 0.6) is 0 Å². The minimum atomic E-state index is 0.0911. The second kappa shape index (κ2) is 7.01. The van der Waals surface area contributed by atoms with Crippen LogP contribution < -0.4 is 5.73 Å². The molecule has 1 rings (SSSR count). The molecule has 88 valence electrons. The molecular formula is C13H20N2O. The van der Waals surface area contributed by atoms with Gasteiger partial charge >= 0.3 is 0 Å². The SMILES string of the molecule is CN(CCCCCN)C(=O)c1ccccc1.